The van der Waals surface area contributed by atoms with Crippen LogP contribution in [0.3, 0.4) is 0 Å². The summed E-state index contributed by atoms with van der Waals surface area (Å²) in [4.78, 5) is 14.9. The van der Waals surface area contributed by atoms with Crippen LogP contribution in [-0.4, -0.2) is 15.2 Å². The molecule has 3 rings (SSSR count). The molecule has 0 amide bonds. The van der Waals surface area contributed by atoms with Gasteiger partial charge in [-0.1, -0.05) is 0 Å². The van der Waals surface area contributed by atoms with Gasteiger partial charge in [-0.15, -0.1) is 0 Å². The van der Waals surface area contributed by atoms with E-state index < -0.39 is 0 Å². The van der Waals surface area contributed by atoms with Crippen molar-refractivity contribution in [2.75, 3.05) is 0 Å². The monoisotopic (exact) mass is 271 g/mol. The van der Waals surface area contributed by atoms with Crippen molar-refractivity contribution in [3.05, 3.63) is 58.5 Å². The van der Waals surface area contributed by atoms with E-state index in [9.17, 15) is 19.4 Å². The van der Waals surface area contributed by atoms with E-state index in [1.807, 2.05) is 0 Å². The molecule has 2 aromatic carbocycles. The van der Waals surface area contributed by atoms with Gasteiger partial charge in [-0.05, 0) is 42.0 Å². The van der Waals surface area contributed by atoms with Crippen LogP contribution in [0.5, 0.6) is 11.5 Å². The number of H-pyrrole nitrogens is 1. The Morgan fingerprint density at radius 1 is 1.00 bits per heavy atom. The first-order valence-electron chi connectivity index (χ1n) is 5.90. The molecule has 0 spiro atoms. The Kier molecular flexibility index (Phi) is 2.68. The number of aromatic amines is 1. The summed E-state index contributed by atoms with van der Waals surface area (Å²) in [6, 6.07) is 9.65. The van der Waals surface area contributed by atoms with Gasteiger partial charge in [0.15, 0.2) is 16.9 Å². The minimum atomic E-state index is -0.386. The van der Waals surface area contributed by atoms with Gasteiger partial charge in [-0.25, -0.2) is 4.39 Å². The van der Waals surface area contributed by atoms with Gasteiger partial charge in [0, 0.05) is 17.1 Å². The number of hydrogen-bond donors (Lipinski definition) is 3. The number of benzene rings is 2. The molecule has 5 heteroatoms. The van der Waals surface area contributed by atoms with Gasteiger partial charge in [-0.2, -0.15) is 0 Å². The zero-order valence-electron chi connectivity index (χ0n) is 10.2. The average molecular weight is 271 g/mol. The second-order valence-electron chi connectivity index (χ2n) is 4.41. The highest BCUT2D eigenvalue weighted by molar-refractivity contribution is 5.88. The summed E-state index contributed by atoms with van der Waals surface area (Å²) in [6.07, 6.45) is 0. The Balaban J connectivity index is 2.31. The van der Waals surface area contributed by atoms with Crippen molar-refractivity contribution < 1.29 is 14.6 Å². The van der Waals surface area contributed by atoms with Crippen LogP contribution in [0.4, 0.5) is 4.39 Å². The first kappa shape index (κ1) is 12.2. The van der Waals surface area contributed by atoms with Crippen LogP contribution in [0.25, 0.3) is 22.2 Å². The fraction of sp³-hybridized carbons (Fsp3) is 0. The third-order valence-electron chi connectivity index (χ3n) is 3.11. The summed E-state index contributed by atoms with van der Waals surface area (Å²) in [5, 5.41) is 19.6. The summed E-state index contributed by atoms with van der Waals surface area (Å²) in [5.41, 5.74) is 0.891. The lowest BCUT2D eigenvalue weighted by Gasteiger charge is -2.07. The Morgan fingerprint density at radius 3 is 2.40 bits per heavy atom. The Labute approximate surface area is 112 Å². The summed E-state index contributed by atoms with van der Waals surface area (Å²) in [5.74, 6) is -1.08. The van der Waals surface area contributed by atoms with Crippen molar-refractivity contribution in [3.63, 3.8) is 0 Å². The minimum Gasteiger partial charge on any atom is -0.504 e. The molecule has 0 unspecified atom stereocenters. The first-order valence-corrected chi connectivity index (χ1v) is 5.90. The molecule has 0 saturated heterocycles. The van der Waals surface area contributed by atoms with Crippen molar-refractivity contribution in [3.8, 4) is 22.8 Å². The van der Waals surface area contributed by atoms with Crippen molar-refractivity contribution in [2.45, 2.75) is 0 Å². The molecule has 4 nitrogen and oxygen atoms in total. The Morgan fingerprint density at radius 2 is 1.70 bits per heavy atom. The zero-order valence-corrected chi connectivity index (χ0v) is 10.2. The number of phenolic OH excluding ortho intramolecular Hbond substituents is 2. The highest BCUT2D eigenvalue weighted by Gasteiger charge is 2.10. The quantitative estimate of drug-likeness (QED) is 0.596. The van der Waals surface area contributed by atoms with E-state index in [1.165, 1.54) is 42.5 Å². The van der Waals surface area contributed by atoms with Crippen LogP contribution >= 0.6 is 0 Å². The highest BCUT2D eigenvalue weighted by atomic mass is 19.1. The number of phenols is 2. The lowest BCUT2D eigenvalue weighted by Crippen LogP contribution is -2.03. The maximum atomic E-state index is 12.9. The maximum Gasteiger partial charge on any atom is 0.190 e. The van der Waals surface area contributed by atoms with Gasteiger partial charge in [0.1, 0.15) is 5.82 Å². The molecule has 1 heterocycles. The molecule has 0 bridgehead atoms. The molecule has 0 aliphatic carbocycles. The fourth-order valence-electron chi connectivity index (χ4n) is 2.08. The number of hydrogen-bond acceptors (Lipinski definition) is 3. The Hall–Kier alpha value is -2.82. The number of rotatable bonds is 1. The number of fused-ring (bicyclic) bond motifs is 1. The van der Waals surface area contributed by atoms with Crippen LogP contribution in [0.1, 0.15) is 0 Å². The largest absolute Gasteiger partial charge is 0.504 e. The smallest absolute Gasteiger partial charge is 0.190 e. The summed E-state index contributed by atoms with van der Waals surface area (Å²) in [6.45, 7) is 0. The van der Waals surface area contributed by atoms with E-state index in [4.69, 9.17) is 0 Å². The number of nitrogens with one attached hydrogen (secondary N) is 1. The number of aromatic hydroxyl groups is 2. The second-order valence-corrected chi connectivity index (χ2v) is 4.41. The van der Waals surface area contributed by atoms with Crippen LogP contribution < -0.4 is 5.43 Å². The summed E-state index contributed by atoms with van der Waals surface area (Å²) < 4.78 is 12.9. The highest BCUT2D eigenvalue weighted by Crippen LogP contribution is 2.31. The number of aromatic nitrogens is 1. The predicted octanol–water partition coefficient (Wildman–Crippen LogP) is 2.75. The molecule has 100 valence electrons. The molecular weight excluding hydrogens is 261 g/mol. The van der Waals surface area contributed by atoms with Crippen molar-refractivity contribution in [2.24, 2.45) is 0 Å². The van der Waals surface area contributed by atoms with Crippen LogP contribution in [0.15, 0.2) is 47.3 Å². The van der Waals surface area contributed by atoms with E-state index in [0.29, 0.717) is 11.3 Å². The van der Waals surface area contributed by atoms with Crippen LogP contribution in [0, 0.1) is 5.82 Å². The Bertz CT molecular complexity index is 853. The summed E-state index contributed by atoms with van der Waals surface area (Å²) in [7, 11) is 0. The van der Waals surface area contributed by atoms with Gasteiger partial charge in [0.2, 0.25) is 0 Å². The SMILES string of the molecule is O=c1cc(-c2ccc(F)cc2)[nH]c2c(O)c(O)ccc12. The zero-order chi connectivity index (χ0) is 14.3. The first-order chi connectivity index (χ1) is 9.56. The maximum absolute atomic E-state index is 12.9. The van der Waals surface area contributed by atoms with Gasteiger partial charge in [0.25, 0.3) is 0 Å². The average Bonchev–Trinajstić information content (AvgIpc) is 2.44. The van der Waals surface area contributed by atoms with Gasteiger partial charge in [0.05, 0.1) is 5.52 Å². The van der Waals surface area contributed by atoms with E-state index in [2.05, 4.69) is 4.98 Å². The van der Waals surface area contributed by atoms with Gasteiger partial charge in [-0.3, -0.25) is 4.79 Å². The normalized spacial score (nSPS) is 10.8. The molecule has 0 fully saturated rings. The molecular formula is C15H10FNO3. The fourth-order valence-corrected chi connectivity index (χ4v) is 2.08. The topological polar surface area (TPSA) is 73.3 Å². The minimum absolute atomic E-state index is 0.150. The van der Waals surface area contributed by atoms with E-state index in [0.717, 1.165) is 0 Å². The van der Waals surface area contributed by atoms with E-state index in [-0.39, 0.29) is 33.6 Å². The number of halogens is 1. The number of pyridine rings is 1. The van der Waals surface area contributed by atoms with Gasteiger partial charge >= 0.3 is 0 Å². The molecule has 3 N–H and O–H groups in total. The van der Waals surface area contributed by atoms with Gasteiger partial charge < -0.3 is 15.2 Å². The lowest BCUT2D eigenvalue weighted by molar-refractivity contribution is 0.407. The van der Waals surface area contributed by atoms with E-state index in [1.54, 1.807) is 0 Å². The molecule has 1 aromatic heterocycles. The third-order valence-corrected chi connectivity index (χ3v) is 3.11. The predicted molar refractivity (Wildman–Crippen MR) is 73.3 cm³/mol. The van der Waals surface area contributed by atoms with Crippen molar-refractivity contribution in [1.29, 1.82) is 0 Å². The lowest BCUT2D eigenvalue weighted by atomic mass is 10.1. The standard InChI is InChI=1S/C15H10FNO3/c16-9-3-1-8(2-4-9)11-7-13(19)10-5-6-12(18)15(20)14(10)17-11/h1-7,18,20H,(H,17,19). The third kappa shape index (κ3) is 1.89. The molecule has 0 atom stereocenters. The van der Waals surface area contributed by atoms with Crippen molar-refractivity contribution in [1.82, 2.24) is 4.98 Å². The molecule has 20 heavy (non-hydrogen) atoms. The summed E-state index contributed by atoms with van der Waals surface area (Å²) >= 11 is 0. The van der Waals surface area contributed by atoms with Crippen LogP contribution in [-0.2, 0) is 0 Å². The molecule has 0 saturated carbocycles. The second kappa shape index (κ2) is 4.38. The van der Waals surface area contributed by atoms with E-state index >= 15 is 0 Å². The molecule has 0 aliphatic rings. The molecule has 0 radical (unpaired) electrons. The molecule has 0 aliphatic heterocycles. The molecule has 3 aromatic rings. The van der Waals surface area contributed by atoms with Crippen molar-refractivity contribution >= 4 is 10.9 Å². The van der Waals surface area contributed by atoms with Crippen LogP contribution in [0.2, 0.25) is 0 Å².